The van der Waals surface area contributed by atoms with Gasteiger partial charge in [-0.25, -0.2) is 0 Å². The topological polar surface area (TPSA) is 264 Å². The molecule has 2 aromatic carbocycles. The lowest BCUT2D eigenvalue weighted by Gasteiger charge is -2.13. The van der Waals surface area contributed by atoms with Crippen LogP contribution in [-0.2, 0) is 77.0 Å². The summed E-state index contributed by atoms with van der Waals surface area (Å²) in [6.45, 7) is 0. The molecule has 8 aromatic rings. The second-order valence-electron chi connectivity index (χ2n) is 19.5. The van der Waals surface area contributed by atoms with Crippen LogP contribution in [0.2, 0.25) is 0 Å². The summed E-state index contributed by atoms with van der Waals surface area (Å²) in [6, 6.07) is 25.0. The standard InChI is InChI=1S/C56H52F6N14O6S2/c57-55(58,59)81-40-13-7-9-33(25-40)28-47(77)65-45-19-17-37(69-71-45)10-2-4-16-52-74-76-54(84-52)68-50(80)32-44-42(14-8-22-64-44)43-30-36(43)24-34-23-35(27-41(26-34)82-56(60,61)62)29-48(78)66-46-20-18-38(70-72-46)11-1-3-15-51-73-75-53(83-51)67-49(79)31-39-12-5-6-21-63-39/h5-9,12-14,17-23,25-27,36,43H,1-4,10-11,15-16,24,28-32H2,(H,65,71,77)(H,66,72,78)(H,67,75,79)(H,68,76,80)/t36?,43-/m0/s1. The number of anilines is 4. The van der Waals surface area contributed by atoms with E-state index < -0.39 is 36.0 Å². The van der Waals surface area contributed by atoms with Gasteiger partial charge >= 0.3 is 12.7 Å². The van der Waals surface area contributed by atoms with Crippen LogP contribution in [0.4, 0.5) is 48.2 Å². The molecule has 0 saturated heterocycles. The molecule has 4 amide bonds. The molecule has 2 atom stereocenters. The molecule has 1 aliphatic carbocycles. The summed E-state index contributed by atoms with van der Waals surface area (Å²) in [5.74, 6) is -2.12. The van der Waals surface area contributed by atoms with Crippen molar-refractivity contribution in [2.24, 2.45) is 5.92 Å². The minimum Gasteiger partial charge on any atom is -0.406 e. The Morgan fingerprint density at radius 1 is 0.488 bits per heavy atom. The molecule has 9 rings (SSSR count). The first-order chi connectivity index (χ1) is 40.4. The van der Waals surface area contributed by atoms with Crippen molar-refractivity contribution in [3.05, 3.63) is 165 Å². The number of carbonyl (C=O) groups excluding carboxylic acids is 4. The molecule has 28 heteroatoms. The molecule has 6 heterocycles. The number of ether oxygens (including phenoxy) is 2. The zero-order valence-electron chi connectivity index (χ0n) is 44.5. The maximum Gasteiger partial charge on any atom is 0.573 e. The summed E-state index contributed by atoms with van der Waals surface area (Å²) in [4.78, 5) is 60.0. The Morgan fingerprint density at radius 3 is 1.64 bits per heavy atom. The van der Waals surface area contributed by atoms with Gasteiger partial charge < -0.3 is 30.7 Å². The average molecular weight is 1200 g/mol. The van der Waals surface area contributed by atoms with Gasteiger partial charge in [0.1, 0.15) is 21.5 Å². The van der Waals surface area contributed by atoms with Crippen molar-refractivity contribution in [2.45, 2.75) is 109 Å². The molecule has 1 aliphatic rings. The molecule has 20 nitrogen and oxygen atoms in total. The molecule has 6 aromatic heterocycles. The van der Waals surface area contributed by atoms with Crippen molar-refractivity contribution in [1.82, 2.24) is 50.8 Å². The SMILES string of the molecule is O=C(Cc1cc(CC2C[C@@H]2c2cccnc2CC(=O)Nc2nnc(CCCCc3ccc(NC(=O)Cc4cccc(OC(F)(F)F)c4)nn3)s2)cc(OC(F)(F)F)c1)Nc1ccc(CCCCc2nnc(NC(=O)Cc3ccccn3)s2)nn1. The van der Waals surface area contributed by atoms with Gasteiger partial charge in [0.15, 0.2) is 11.6 Å². The van der Waals surface area contributed by atoms with Crippen LogP contribution in [0.25, 0.3) is 0 Å². The fourth-order valence-corrected chi connectivity index (χ4v) is 10.7. The zero-order valence-corrected chi connectivity index (χ0v) is 46.1. The highest BCUT2D eigenvalue weighted by Crippen LogP contribution is 2.50. The molecule has 4 N–H and O–H groups in total. The van der Waals surface area contributed by atoms with Crippen LogP contribution in [0, 0.1) is 5.92 Å². The van der Waals surface area contributed by atoms with Crippen LogP contribution >= 0.6 is 22.7 Å². The first-order valence-electron chi connectivity index (χ1n) is 26.4. The molecule has 436 valence electrons. The molecule has 84 heavy (non-hydrogen) atoms. The van der Waals surface area contributed by atoms with Crippen molar-refractivity contribution < 1.29 is 55.0 Å². The molecule has 0 spiro atoms. The van der Waals surface area contributed by atoms with Crippen LogP contribution in [-0.4, -0.2) is 87.1 Å². The van der Waals surface area contributed by atoms with Gasteiger partial charge in [0.2, 0.25) is 33.9 Å². The molecular weight excluding hydrogens is 1140 g/mol. The van der Waals surface area contributed by atoms with E-state index in [4.69, 9.17) is 0 Å². The number of hydrogen-bond donors (Lipinski definition) is 4. The quantitative estimate of drug-likeness (QED) is 0.0276. The Labute approximate surface area is 483 Å². The lowest BCUT2D eigenvalue weighted by Crippen LogP contribution is -2.18. The van der Waals surface area contributed by atoms with E-state index in [1.165, 1.54) is 46.9 Å². The van der Waals surface area contributed by atoms with E-state index >= 15 is 0 Å². The van der Waals surface area contributed by atoms with Crippen molar-refractivity contribution in [3.63, 3.8) is 0 Å². The van der Waals surface area contributed by atoms with Gasteiger partial charge in [-0.05, 0) is 152 Å². The molecular formula is C56H52F6N14O6S2. The number of benzene rings is 2. The minimum absolute atomic E-state index is 0.00919. The maximum absolute atomic E-state index is 13.5. The summed E-state index contributed by atoms with van der Waals surface area (Å²) in [5, 5.41) is 46.2. The fourth-order valence-electron chi connectivity index (χ4n) is 9.07. The number of halogens is 6. The summed E-state index contributed by atoms with van der Waals surface area (Å²) >= 11 is 2.55. The second kappa shape index (κ2) is 27.9. The van der Waals surface area contributed by atoms with Gasteiger partial charge in [0.25, 0.3) is 0 Å². The third kappa shape index (κ3) is 19.3. The van der Waals surface area contributed by atoms with Crippen molar-refractivity contribution in [2.75, 3.05) is 21.3 Å². The van der Waals surface area contributed by atoms with E-state index in [-0.39, 0.29) is 61.0 Å². The molecule has 1 unspecified atom stereocenters. The number of carbonyl (C=O) groups is 4. The first kappa shape index (κ1) is 59.7. The maximum atomic E-state index is 13.5. The zero-order chi connectivity index (χ0) is 59.1. The Bertz CT molecular complexity index is 3540. The number of nitrogens with zero attached hydrogens (tertiary/aromatic N) is 10. The highest BCUT2D eigenvalue weighted by molar-refractivity contribution is 7.15. The first-order valence-corrected chi connectivity index (χ1v) is 28.1. The summed E-state index contributed by atoms with van der Waals surface area (Å²) in [6.07, 6.45) is -0.537. The van der Waals surface area contributed by atoms with Gasteiger partial charge in [-0.3, -0.25) is 29.1 Å². The Hall–Kier alpha value is -8.92. The van der Waals surface area contributed by atoms with E-state index in [9.17, 15) is 45.5 Å². The van der Waals surface area contributed by atoms with Crippen LogP contribution in [0.1, 0.15) is 93.1 Å². The second-order valence-corrected chi connectivity index (χ2v) is 21.7. The van der Waals surface area contributed by atoms with Gasteiger partial charge in [-0.15, -0.1) is 56.9 Å². The van der Waals surface area contributed by atoms with Crippen molar-refractivity contribution >= 4 is 68.2 Å². The van der Waals surface area contributed by atoms with E-state index in [2.05, 4.69) is 81.5 Å². The number of rotatable bonds is 27. The highest BCUT2D eigenvalue weighted by atomic mass is 32.1. The van der Waals surface area contributed by atoms with Gasteiger partial charge in [0.05, 0.1) is 42.8 Å². The van der Waals surface area contributed by atoms with Crippen LogP contribution in [0.15, 0.2) is 109 Å². The Kier molecular flexibility index (Phi) is 19.8. The molecule has 1 saturated carbocycles. The monoisotopic (exact) mass is 1190 g/mol. The smallest absolute Gasteiger partial charge is 0.406 e. The number of aryl methyl sites for hydroxylation is 4. The number of nitrogens with one attached hydrogen (secondary N) is 4. The average Bonchev–Trinajstić information content (AvgIpc) is 2.75. The number of aromatic nitrogens is 10. The highest BCUT2D eigenvalue weighted by Gasteiger charge is 2.40. The molecule has 0 radical (unpaired) electrons. The van der Waals surface area contributed by atoms with E-state index in [1.54, 1.807) is 60.9 Å². The van der Waals surface area contributed by atoms with Crippen LogP contribution in [0.3, 0.4) is 0 Å². The van der Waals surface area contributed by atoms with E-state index in [1.807, 2.05) is 12.1 Å². The van der Waals surface area contributed by atoms with Gasteiger partial charge in [-0.1, -0.05) is 53.0 Å². The summed E-state index contributed by atoms with van der Waals surface area (Å²) in [7, 11) is 0. The lowest BCUT2D eigenvalue weighted by molar-refractivity contribution is -0.275. The number of amides is 4. The predicted molar refractivity (Wildman–Crippen MR) is 296 cm³/mol. The van der Waals surface area contributed by atoms with Gasteiger partial charge in [-0.2, -0.15) is 10.2 Å². The number of alkyl halides is 6. The van der Waals surface area contributed by atoms with Crippen molar-refractivity contribution in [1.29, 1.82) is 0 Å². The molecule has 0 aliphatic heterocycles. The summed E-state index contributed by atoms with van der Waals surface area (Å²) < 4.78 is 86.5. The third-order valence-corrected chi connectivity index (χ3v) is 14.6. The minimum atomic E-state index is -4.97. The Morgan fingerprint density at radius 2 is 1.05 bits per heavy atom. The fraction of sp³-hybridized carbons (Fsp3) is 0.321. The summed E-state index contributed by atoms with van der Waals surface area (Å²) in [5.41, 5.74) is 4.59. The number of hydrogen-bond acceptors (Lipinski definition) is 18. The normalized spacial score (nSPS) is 13.9. The lowest BCUT2D eigenvalue weighted by atomic mass is 9.99. The van der Waals surface area contributed by atoms with Gasteiger partial charge in [0, 0.05) is 30.9 Å². The van der Waals surface area contributed by atoms with Crippen LogP contribution < -0.4 is 30.7 Å². The van der Waals surface area contributed by atoms with E-state index in [0.29, 0.717) is 93.3 Å². The van der Waals surface area contributed by atoms with Crippen LogP contribution in [0.5, 0.6) is 11.5 Å². The Balaban J connectivity index is 0.690. The number of unbranched alkanes of at least 4 members (excludes halogenated alkanes) is 2. The molecule has 0 bridgehead atoms. The third-order valence-electron chi connectivity index (χ3n) is 12.8. The molecule has 1 fully saturated rings. The number of pyridine rings is 2. The largest absolute Gasteiger partial charge is 0.573 e. The predicted octanol–water partition coefficient (Wildman–Crippen LogP) is 9.76. The van der Waals surface area contributed by atoms with E-state index in [0.717, 1.165) is 48.4 Å². The van der Waals surface area contributed by atoms with Crippen molar-refractivity contribution in [3.8, 4) is 11.5 Å².